The highest BCUT2D eigenvalue weighted by molar-refractivity contribution is 5.88. The Morgan fingerprint density at radius 3 is 1.06 bits per heavy atom. The van der Waals surface area contributed by atoms with E-state index in [1.165, 1.54) is 0 Å². The van der Waals surface area contributed by atoms with Crippen molar-refractivity contribution in [1.29, 1.82) is 0 Å². The Kier molecular flexibility index (Phi) is 8.07. The van der Waals surface area contributed by atoms with Crippen LogP contribution in [0, 0.1) is 0 Å². The number of halogens is 2. The second-order valence-corrected chi connectivity index (χ2v) is 6.69. The first-order valence-corrected chi connectivity index (χ1v) is 9.22. The molecule has 2 aliphatic rings. The third-order valence-electron chi connectivity index (χ3n) is 4.82. The van der Waals surface area contributed by atoms with Crippen LogP contribution in [0.1, 0.15) is 20.7 Å². The molecule has 4 rings (SSSR count). The lowest BCUT2D eigenvalue weighted by atomic mass is 10.0. The molecule has 2 heterocycles. The maximum atomic E-state index is 11.0. The summed E-state index contributed by atoms with van der Waals surface area (Å²) in [6.45, 7) is 0. The number of aromatic carboxylic acids is 2. The normalized spacial score (nSPS) is 14.1. The number of hydrogen-bond donors (Lipinski definition) is 2. The third-order valence-corrected chi connectivity index (χ3v) is 4.82. The van der Waals surface area contributed by atoms with E-state index >= 15 is 0 Å². The van der Waals surface area contributed by atoms with Gasteiger partial charge >= 0.3 is 11.9 Å². The van der Waals surface area contributed by atoms with Crippen LogP contribution in [-0.4, -0.2) is 22.2 Å². The molecule has 0 unspecified atom stereocenters. The van der Waals surface area contributed by atoms with Crippen LogP contribution in [0.15, 0.2) is 109 Å². The van der Waals surface area contributed by atoms with Gasteiger partial charge in [-0.25, -0.2) is 9.59 Å². The summed E-state index contributed by atoms with van der Waals surface area (Å²) in [4.78, 5) is 25.8. The topological polar surface area (TPSA) is 81.1 Å². The fourth-order valence-corrected chi connectivity index (χ4v) is 3.13. The summed E-state index contributed by atoms with van der Waals surface area (Å²) in [5.41, 5.74) is 4.35. The van der Waals surface area contributed by atoms with Crippen molar-refractivity contribution in [3.8, 4) is 0 Å². The number of nitrogens with zero attached hydrogens (tertiary/aromatic N) is 2. The molecule has 0 bridgehead atoms. The van der Waals surface area contributed by atoms with Gasteiger partial charge in [-0.2, -0.15) is 0 Å². The van der Waals surface area contributed by atoms with Crippen LogP contribution in [0.25, 0.3) is 0 Å². The number of carbonyl (C=O) groups is 2. The van der Waals surface area contributed by atoms with E-state index in [2.05, 4.69) is 0 Å². The van der Waals surface area contributed by atoms with Crippen molar-refractivity contribution in [1.82, 2.24) is 0 Å². The molecule has 0 spiro atoms. The molecule has 2 N–H and O–H groups in total. The van der Waals surface area contributed by atoms with Crippen LogP contribution in [0.4, 0.5) is 11.4 Å². The van der Waals surface area contributed by atoms with Crippen LogP contribution in [0.2, 0.25) is 0 Å². The number of anilines is 2. The molecule has 6 nitrogen and oxygen atoms in total. The van der Waals surface area contributed by atoms with E-state index in [1.54, 1.807) is 48.5 Å². The second-order valence-electron chi connectivity index (χ2n) is 6.69. The quantitative estimate of drug-likeness (QED) is 0.603. The van der Waals surface area contributed by atoms with Gasteiger partial charge in [-0.15, -0.1) is 24.8 Å². The first-order chi connectivity index (χ1) is 14.5. The fraction of sp³-hybridized carbons (Fsp3) is 0. The SMILES string of the molecule is Cl.Cl.O=C(O)c1ccc(N2C=CC(=C3C=CN(c4ccc(C(=O)O)cc4)C=C3)C=C2)cc1. The Hall–Kier alpha value is -3.74. The van der Waals surface area contributed by atoms with Crippen LogP contribution < -0.4 is 9.80 Å². The molecule has 0 atom stereocenters. The molecule has 0 aliphatic carbocycles. The Morgan fingerprint density at radius 1 is 0.531 bits per heavy atom. The lowest BCUT2D eigenvalue weighted by Gasteiger charge is -2.22. The molecule has 0 aromatic heterocycles. The Bertz CT molecular complexity index is 1020. The molecule has 8 heteroatoms. The molecule has 0 saturated heterocycles. The highest BCUT2D eigenvalue weighted by Crippen LogP contribution is 2.25. The molecule has 32 heavy (non-hydrogen) atoms. The summed E-state index contributed by atoms with van der Waals surface area (Å²) >= 11 is 0. The molecule has 164 valence electrons. The Labute approximate surface area is 197 Å². The molecule has 0 radical (unpaired) electrons. The average molecular weight is 471 g/mol. The molecule has 2 aliphatic heterocycles. The largest absolute Gasteiger partial charge is 0.478 e. The van der Waals surface area contributed by atoms with Crippen molar-refractivity contribution in [2.45, 2.75) is 0 Å². The minimum atomic E-state index is -0.943. The van der Waals surface area contributed by atoms with Crippen molar-refractivity contribution in [3.05, 3.63) is 120 Å². The summed E-state index contributed by atoms with van der Waals surface area (Å²) in [6, 6.07) is 13.4. The summed E-state index contributed by atoms with van der Waals surface area (Å²) < 4.78 is 0. The maximum Gasteiger partial charge on any atom is 0.335 e. The van der Waals surface area contributed by atoms with Gasteiger partial charge < -0.3 is 20.0 Å². The van der Waals surface area contributed by atoms with Crippen molar-refractivity contribution in [2.24, 2.45) is 0 Å². The Morgan fingerprint density at radius 2 is 0.812 bits per heavy atom. The van der Waals surface area contributed by atoms with E-state index in [4.69, 9.17) is 10.2 Å². The highest BCUT2D eigenvalue weighted by atomic mass is 35.5. The number of allylic oxidation sites excluding steroid dienone is 6. The van der Waals surface area contributed by atoms with Crippen LogP contribution in [0.5, 0.6) is 0 Å². The minimum Gasteiger partial charge on any atom is -0.478 e. The number of rotatable bonds is 4. The first kappa shape index (κ1) is 24.5. The summed E-state index contributed by atoms with van der Waals surface area (Å²) in [5, 5.41) is 18.0. The van der Waals surface area contributed by atoms with E-state index in [0.717, 1.165) is 22.5 Å². The molecular formula is C24H20Cl2N2O4. The zero-order valence-electron chi connectivity index (χ0n) is 16.7. The summed E-state index contributed by atoms with van der Waals surface area (Å²) in [7, 11) is 0. The first-order valence-electron chi connectivity index (χ1n) is 9.22. The van der Waals surface area contributed by atoms with Crippen LogP contribution >= 0.6 is 24.8 Å². The Balaban J connectivity index is 0.00000181. The van der Waals surface area contributed by atoms with Gasteiger partial charge in [0.05, 0.1) is 11.1 Å². The molecule has 2 aromatic rings. The van der Waals surface area contributed by atoms with Crippen molar-refractivity contribution >= 4 is 48.1 Å². The van der Waals surface area contributed by atoms with Crippen LogP contribution in [0.3, 0.4) is 0 Å². The predicted octanol–water partition coefficient (Wildman–Crippen LogP) is 5.62. The van der Waals surface area contributed by atoms with E-state index in [0.29, 0.717) is 0 Å². The molecule has 0 fully saturated rings. The third kappa shape index (κ3) is 5.29. The predicted molar refractivity (Wildman–Crippen MR) is 130 cm³/mol. The van der Waals surface area contributed by atoms with Gasteiger partial charge in [0.25, 0.3) is 0 Å². The smallest absolute Gasteiger partial charge is 0.335 e. The van der Waals surface area contributed by atoms with E-state index in [1.807, 2.05) is 58.9 Å². The lowest BCUT2D eigenvalue weighted by Crippen LogP contribution is -2.12. The molecule has 2 aromatic carbocycles. The van der Waals surface area contributed by atoms with Gasteiger partial charge in [-0.3, -0.25) is 0 Å². The number of hydrogen-bond acceptors (Lipinski definition) is 4. The summed E-state index contributed by atoms with van der Waals surface area (Å²) in [5.74, 6) is -1.89. The number of carboxylic acids is 2. The highest BCUT2D eigenvalue weighted by Gasteiger charge is 2.10. The van der Waals surface area contributed by atoms with Gasteiger partial charge in [0.1, 0.15) is 0 Å². The monoisotopic (exact) mass is 470 g/mol. The van der Waals surface area contributed by atoms with Crippen LogP contribution in [-0.2, 0) is 0 Å². The van der Waals surface area contributed by atoms with Gasteiger partial charge in [-0.05, 0) is 84.0 Å². The maximum absolute atomic E-state index is 11.0. The van der Waals surface area contributed by atoms with Crippen molar-refractivity contribution in [3.63, 3.8) is 0 Å². The minimum absolute atomic E-state index is 0. The molecule has 0 amide bonds. The zero-order chi connectivity index (χ0) is 21.1. The average Bonchev–Trinajstić information content (AvgIpc) is 2.79. The van der Waals surface area contributed by atoms with E-state index in [-0.39, 0.29) is 35.9 Å². The van der Waals surface area contributed by atoms with Crippen molar-refractivity contribution in [2.75, 3.05) is 9.80 Å². The molecular weight excluding hydrogens is 451 g/mol. The van der Waals surface area contributed by atoms with Gasteiger partial charge in [0, 0.05) is 36.2 Å². The standard InChI is InChI=1S/C24H18N2O4.2ClH/c27-23(28)19-1-5-21(6-2-19)25-13-9-17(10-14-25)18-11-15-26(16-12-18)22-7-3-20(4-8-22)24(29)30;;/h1-16H,(H,27,28)(H,29,30);2*1H. The van der Waals surface area contributed by atoms with Gasteiger partial charge in [-0.1, -0.05) is 0 Å². The summed E-state index contributed by atoms with van der Waals surface area (Å²) in [6.07, 6.45) is 15.7. The number of carboxylic acid groups (broad SMARTS) is 2. The fourth-order valence-electron chi connectivity index (χ4n) is 3.13. The van der Waals surface area contributed by atoms with E-state index < -0.39 is 11.9 Å². The second kappa shape index (κ2) is 10.5. The zero-order valence-corrected chi connectivity index (χ0v) is 18.3. The van der Waals surface area contributed by atoms with Crippen molar-refractivity contribution < 1.29 is 19.8 Å². The van der Waals surface area contributed by atoms with E-state index in [9.17, 15) is 9.59 Å². The van der Waals surface area contributed by atoms with Gasteiger partial charge in [0.15, 0.2) is 0 Å². The number of benzene rings is 2. The molecule has 0 saturated carbocycles. The van der Waals surface area contributed by atoms with Gasteiger partial charge in [0.2, 0.25) is 0 Å². The lowest BCUT2D eigenvalue weighted by molar-refractivity contribution is 0.0686.